The Morgan fingerprint density at radius 2 is 1.85 bits per heavy atom. The molecule has 4 rings (SSSR count). The van der Waals surface area contributed by atoms with Crippen molar-refractivity contribution in [1.29, 1.82) is 0 Å². The molecule has 1 amide bonds. The smallest absolute Gasteiger partial charge is 0.261 e. The Hall–Kier alpha value is -3.06. The van der Waals surface area contributed by atoms with Gasteiger partial charge in [0.1, 0.15) is 11.6 Å². The number of para-hydroxylation sites is 2. The van der Waals surface area contributed by atoms with Crippen LogP contribution < -0.4 is 5.56 Å². The highest BCUT2D eigenvalue weighted by atomic mass is 32.1. The third kappa shape index (κ3) is 3.21. The second kappa shape index (κ2) is 6.92. The molecule has 0 aliphatic heterocycles. The molecule has 27 heavy (non-hydrogen) atoms. The van der Waals surface area contributed by atoms with Crippen molar-refractivity contribution in [1.82, 2.24) is 19.4 Å². The van der Waals surface area contributed by atoms with Gasteiger partial charge in [0.25, 0.3) is 5.56 Å². The average molecular weight is 378 g/mol. The fraction of sp³-hybridized carbons (Fsp3) is 0.200. The molecule has 0 bridgehead atoms. The Balaban J connectivity index is 1.57. The van der Waals surface area contributed by atoms with E-state index in [2.05, 4.69) is 9.97 Å². The second-order valence-corrected chi connectivity index (χ2v) is 7.46. The summed E-state index contributed by atoms with van der Waals surface area (Å²) in [7, 11) is 1.73. The third-order valence-corrected chi connectivity index (χ3v) is 5.89. The zero-order valence-corrected chi connectivity index (χ0v) is 15.8. The van der Waals surface area contributed by atoms with E-state index in [-0.39, 0.29) is 24.1 Å². The van der Waals surface area contributed by atoms with Gasteiger partial charge in [0.2, 0.25) is 5.91 Å². The lowest BCUT2D eigenvalue weighted by Crippen LogP contribution is -2.35. The molecule has 0 aliphatic carbocycles. The van der Waals surface area contributed by atoms with Crippen molar-refractivity contribution in [3.8, 4) is 0 Å². The molecule has 2 aromatic carbocycles. The summed E-state index contributed by atoms with van der Waals surface area (Å²) in [5.74, 6) is -0.166. The van der Waals surface area contributed by atoms with E-state index >= 15 is 0 Å². The molecule has 6 nitrogen and oxygen atoms in total. The van der Waals surface area contributed by atoms with Gasteiger partial charge in [-0.3, -0.25) is 14.2 Å². The first-order valence-electron chi connectivity index (χ1n) is 8.60. The molecule has 0 saturated carbocycles. The summed E-state index contributed by atoms with van der Waals surface area (Å²) in [4.78, 5) is 35.8. The van der Waals surface area contributed by atoms with Crippen molar-refractivity contribution in [3.05, 3.63) is 70.2 Å². The minimum absolute atomic E-state index is 0.0532. The maximum atomic E-state index is 12.7. The van der Waals surface area contributed by atoms with Crippen molar-refractivity contribution < 1.29 is 4.79 Å². The molecule has 0 spiro atoms. The molecule has 2 aromatic heterocycles. The Labute approximate surface area is 159 Å². The number of carbonyl (C=O) groups is 1. The van der Waals surface area contributed by atoms with Crippen molar-refractivity contribution in [2.45, 2.75) is 19.5 Å². The lowest BCUT2D eigenvalue weighted by molar-refractivity contribution is -0.132. The lowest BCUT2D eigenvalue weighted by Gasteiger charge is -2.23. The fourth-order valence-corrected chi connectivity index (χ4v) is 3.99. The van der Waals surface area contributed by atoms with E-state index in [1.54, 1.807) is 41.5 Å². The molecular formula is C20H18N4O2S. The van der Waals surface area contributed by atoms with E-state index in [9.17, 15) is 9.59 Å². The van der Waals surface area contributed by atoms with E-state index in [4.69, 9.17) is 0 Å². The lowest BCUT2D eigenvalue weighted by atomic mass is 10.2. The van der Waals surface area contributed by atoms with Crippen molar-refractivity contribution in [2.75, 3.05) is 7.05 Å². The van der Waals surface area contributed by atoms with Gasteiger partial charge in [0.15, 0.2) is 0 Å². The molecule has 2 heterocycles. The van der Waals surface area contributed by atoms with Gasteiger partial charge in [-0.25, -0.2) is 9.97 Å². The van der Waals surface area contributed by atoms with Crippen LogP contribution in [0, 0.1) is 0 Å². The van der Waals surface area contributed by atoms with Crippen LogP contribution in [-0.4, -0.2) is 32.4 Å². The van der Waals surface area contributed by atoms with Crippen molar-refractivity contribution in [2.24, 2.45) is 0 Å². The maximum absolute atomic E-state index is 12.7. The van der Waals surface area contributed by atoms with Crippen LogP contribution in [0.15, 0.2) is 59.7 Å². The van der Waals surface area contributed by atoms with Gasteiger partial charge >= 0.3 is 0 Å². The van der Waals surface area contributed by atoms with Crippen LogP contribution in [0.25, 0.3) is 21.1 Å². The Bertz CT molecular complexity index is 1160. The monoisotopic (exact) mass is 378 g/mol. The number of aromatic nitrogens is 3. The normalized spacial score (nSPS) is 12.4. The minimum Gasteiger partial charge on any atom is -0.335 e. The van der Waals surface area contributed by atoms with Gasteiger partial charge in [-0.2, -0.15) is 0 Å². The zero-order valence-electron chi connectivity index (χ0n) is 15.0. The van der Waals surface area contributed by atoms with E-state index < -0.39 is 0 Å². The van der Waals surface area contributed by atoms with Crippen LogP contribution in [0.1, 0.15) is 18.0 Å². The van der Waals surface area contributed by atoms with E-state index in [0.29, 0.717) is 10.9 Å². The molecule has 0 radical (unpaired) electrons. The summed E-state index contributed by atoms with van der Waals surface area (Å²) in [5.41, 5.74) is 1.34. The van der Waals surface area contributed by atoms with Gasteiger partial charge in [-0.1, -0.05) is 24.3 Å². The van der Waals surface area contributed by atoms with E-state index in [1.165, 1.54) is 10.9 Å². The van der Waals surface area contributed by atoms with Gasteiger partial charge in [0, 0.05) is 7.05 Å². The van der Waals surface area contributed by atoms with Crippen LogP contribution in [0.5, 0.6) is 0 Å². The number of fused-ring (bicyclic) bond motifs is 2. The number of thiazole rings is 1. The molecule has 4 aromatic rings. The molecule has 136 valence electrons. The summed E-state index contributed by atoms with van der Waals surface area (Å²) >= 11 is 1.58. The quantitative estimate of drug-likeness (QED) is 0.547. The highest BCUT2D eigenvalue weighted by molar-refractivity contribution is 7.18. The zero-order chi connectivity index (χ0) is 19.0. The first kappa shape index (κ1) is 17.4. The summed E-state index contributed by atoms with van der Waals surface area (Å²) in [6.07, 6.45) is 1.43. The summed E-state index contributed by atoms with van der Waals surface area (Å²) in [5, 5.41) is 1.38. The topological polar surface area (TPSA) is 68.1 Å². The second-order valence-electron chi connectivity index (χ2n) is 6.40. The van der Waals surface area contributed by atoms with Gasteiger partial charge in [-0.15, -0.1) is 11.3 Å². The number of benzene rings is 2. The molecule has 0 aliphatic rings. The molecular weight excluding hydrogens is 360 g/mol. The van der Waals surface area contributed by atoms with Crippen molar-refractivity contribution in [3.63, 3.8) is 0 Å². The third-order valence-electron chi connectivity index (χ3n) is 4.68. The number of rotatable bonds is 4. The van der Waals surface area contributed by atoms with Crippen LogP contribution in [0.2, 0.25) is 0 Å². The summed E-state index contributed by atoms with van der Waals surface area (Å²) < 4.78 is 2.45. The molecule has 0 N–H and O–H groups in total. The predicted octanol–water partition coefficient (Wildman–Crippen LogP) is 3.23. The molecule has 0 saturated heterocycles. The Morgan fingerprint density at radius 3 is 2.63 bits per heavy atom. The number of carbonyl (C=O) groups excluding carboxylic acids is 1. The number of nitrogens with zero attached hydrogens (tertiary/aromatic N) is 4. The molecule has 7 heteroatoms. The van der Waals surface area contributed by atoms with Crippen LogP contribution in [-0.2, 0) is 11.3 Å². The molecule has 0 unspecified atom stereocenters. The van der Waals surface area contributed by atoms with Crippen LogP contribution >= 0.6 is 11.3 Å². The maximum Gasteiger partial charge on any atom is 0.261 e. The number of amides is 1. The fourth-order valence-electron chi connectivity index (χ4n) is 2.93. The van der Waals surface area contributed by atoms with Gasteiger partial charge in [-0.05, 0) is 31.2 Å². The van der Waals surface area contributed by atoms with Crippen molar-refractivity contribution >= 4 is 38.4 Å². The summed E-state index contributed by atoms with van der Waals surface area (Å²) in [6, 6.07) is 14.8. The first-order chi connectivity index (χ1) is 13.0. The number of hydrogen-bond acceptors (Lipinski definition) is 5. The summed E-state index contributed by atoms with van der Waals surface area (Å²) in [6.45, 7) is 1.89. The number of likely N-dealkylation sites (N-methyl/N-ethyl adjacent to an activating group) is 1. The van der Waals surface area contributed by atoms with Gasteiger partial charge in [0.05, 0.1) is 33.5 Å². The molecule has 0 fully saturated rings. The SMILES string of the molecule is C[C@H](c1nc2ccccc2s1)N(C)C(=O)Cn1cnc2ccccc2c1=O. The van der Waals surface area contributed by atoms with Crippen LogP contribution in [0.4, 0.5) is 0 Å². The van der Waals surface area contributed by atoms with Crippen LogP contribution in [0.3, 0.4) is 0 Å². The highest BCUT2D eigenvalue weighted by Crippen LogP contribution is 2.28. The highest BCUT2D eigenvalue weighted by Gasteiger charge is 2.21. The average Bonchev–Trinajstić information content (AvgIpc) is 3.13. The largest absolute Gasteiger partial charge is 0.335 e. The standard InChI is InChI=1S/C20H18N4O2S/c1-13(19-22-16-9-5-6-10-17(16)27-19)23(2)18(25)11-24-12-21-15-8-4-3-7-14(15)20(24)26/h3-10,12-13H,11H2,1-2H3/t13-/m1/s1. The molecule has 1 atom stereocenters. The number of hydrogen-bond donors (Lipinski definition) is 0. The van der Waals surface area contributed by atoms with Gasteiger partial charge < -0.3 is 4.90 Å². The Kier molecular flexibility index (Phi) is 4.45. The van der Waals surface area contributed by atoms with E-state index in [1.807, 2.05) is 37.3 Å². The Morgan fingerprint density at radius 1 is 1.15 bits per heavy atom. The van der Waals surface area contributed by atoms with E-state index in [0.717, 1.165) is 15.2 Å². The minimum atomic E-state index is -0.213. The predicted molar refractivity (Wildman–Crippen MR) is 107 cm³/mol. The first-order valence-corrected chi connectivity index (χ1v) is 9.41.